The van der Waals surface area contributed by atoms with Crippen molar-refractivity contribution in [1.29, 1.82) is 0 Å². The average molecular weight is 255 g/mol. The highest BCUT2D eigenvalue weighted by atomic mass is 16.5. The van der Waals surface area contributed by atoms with Crippen molar-refractivity contribution in [2.24, 2.45) is 17.1 Å². The van der Waals surface area contributed by atoms with E-state index in [1.165, 1.54) is 19.3 Å². The maximum atomic E-state index is 6.48. The molecular weight excluding hydrogens is 222 g/mol. The van der Waals surface area contributed by atoms with E-state index in [-0.39, 0.29) is 11.6 Å². The summed E-state index contributed by atoms with van der Waals surface area (Å²) in [4.78, 5) is 0. The van der Waals surface area contributed by atoms with Gasteiger partial charge >= 0.3 is 0 Å². The topological polar surface area (TPSA) is 35.2 Å². The summed E-state index contributed by atoms with van der Waals surface area (Å²) in [6, 6.07) is 0.205. The first-order valence-electron chi connectivity index (χ1n) is 7.71. The molecule has 0 aliphatic heterocycles. The van der Waals surface area contributed by atoms with Gasteiger partial charge in [0.1, 0.15) is 0 Å². The lowest BCUT2D eigenvalue weighted by Crippen LogP contribution is -2.53. The monoisotopic (exact) mass is 255 g/mol. The predicted molar refractivity (Wildman–Crippen MR) is 78.7 cm³/mol. The number of nitrogens with two attached hydrogens (primary N) is 1. The van der Waals surface area contributed by atoms with Gasteiger partial charge in [0, 0.05) is 12.6 Å². The second kappa shape index (κ2) is 6.38. The fourth-order valence-corrected chi connectivity index (χ4v) is 3.04. The van der Waals surface area contributed by atoms with Crippen LogP contribution >= 0.6 is 0 Å². The van der Waals surface area contributed by atoms with Gasteiger partial charge in [-0.05, 0) is 56.8 Å². The van der Waals surface area contributed by atoms with E-state index in [0.717, 1.165) is 31.8 Å². The maximum absolute atomic E-state index is 6.48. The molecule has 18 heavy (non-hydrogen) atoms. The number of ether oxygens (including phenoxy) is 1. The summed E-state index contributed by atoms with van der Waals surface area (Å²) in [6.07, 6.45) is 7.04. The molecule has 1 unspecified atom stereocenters. The third kappa shape index (κ3) is 4.24. The molecule has 1 saturated carbocycles. The van der Waals surface area contributed by atoms with Crippen LogP contribution in [-0.2, 0) is 4.74 Å². The van der Waals surface area contributed by atoms with Gasteiger partial charge in [0.05, 0.1) is 5.60 Å². The van der Waals surface area contributed by atoms with Crippen LogP contribution in [0.2, 0.25) is 0 Å². The summed E-state index contributed by atoms with van der Waals surface area (Å²) in [5.74, 6) is 0.731. The molecule has 1 aliphatic carbocycles. The van der Waals surface area contributed by atoms with Crippen LogP contribution in [0, 0.1) is 11.3 Å². The van der Waals surface area contributed by atoms with Crippen molar-refractivity contribution in [1.82, 2.24) is 0 Å². The van der Waals surface area contributed by atoms with Gasteiger partial charge < -0.3 is 10.5 Å². The van der Waals surface area contributed by atoms with Crippen LogP contribution in [0.1, 0.15) is 73.1 Å². The SMILES string of the molecule is CCOC1(C(N)CCC(C)C)CCC(C)(C)CC1. The lowest BCUT2D eigenvalue weighted by molar-refractivity contribution is -0.101. The molecule has 0 aromatic heterocycles. The van der Waals surface area contributed by atoms with Gasteiger partial charge in [-0.15, -0.1) is 0 Å². The first kappa shape index (κ1) is 16.0. The highest BCUT2D eigenvalue weighted by molar-refractivity contribution is 4.97. The predicted octanol–water partition coefficient (Wildman–Crippen LogP) is 4.13. The molecule has 0 aromatic carbocycles. The lowest BCUT2D eigenvalue weighted by atomic mass is 9.68. The highest BCUT2D eigenvalue weighted by Gasteiger charge is 2.42. The fraction of sp³-hybridized carbons (Fsp3) is 1.00. The molecule has 0 saturated heterocycles. The fourth-order valence-electron chi connectivity index (χ4n) is 3.04. The Morgan fingerprint density at radius 1 is 1.06 bits per heavy atom. The van der Waals surface area contributed by atoms with Crippen molar-refractivity contribution in [2.75, 3.05) is 6.61 Å². The largest absolute Gasteiger partial charge is 0.374 e. The molecule has 2 heteroatoms. The summed E-state index contributed by atoms with van der Waals surface area (Å²) >= 11 is 0. The van der Waals surface area contributed by atoms with Gasteiger partial charge in [0.25, 0.3) is 0 Å². The summed E-state index contributed by atoms with van der Waals surface area (Å²) < 4.78 is 6.13. The second-order valence-corrected chi connectivity index (χ2v) is 7.24. The zero-order valence-corrected chi connectivity index (χ0v) is 13.1. The lowest BCUT2D eigenvalue weighted by Gasteiger charge is -2.46. The number of hydrogen-bond donors (Lipinski definition) is 1. The van der Waals surface area contributed by atoms with Crippen LogP contribution in [0.15, 0.2) is 0 Å². The molecule has 0 amide bonds. The Bertz CT molecular complexity index is 237. The molecule has 0 heterocycles. The second-order valence-electron chi connectivity index (χ2n) is 7.24. The van der Waals surface area contributed by atoms with Crippen molar-refractivity contribution in [3.05, 3.63) is 0 Å². The number of rotatable bonds is 6. The molecule has 1 rings (SSSR count). The van der Waals surface area contributed by atoms with Crippen molar-refractivity contribution < 1.29 is 4.74 Å². The van der Waals surface area contributed by atoms with Crippen LogP contribution in [-0.4, -0.2) is 18.2 Å². The quantitative estimate of drug-likeness (QED) is 0.774. The van der Waals surface area contributed by atoms with E-state index in [9.17, 15) is 0 Å². The van der Waals surface area contributed by atoms with E-state index >= 15 is 0 Å². The van der Waals surface area contributed by atoms with Gasteiger partial charge in [-0.3, -0.25) is 0 Å². The molecule has 2 N–H and O–H groups in total. The molecule has 108 valence electrons. The van der Waals surface area contributed by atoms with Gasteiger partial charge in [-0.25, -0.2) is 0 Å². The number of hydrogen-bond acceptors (Lipinski definition) is 2. The van der Waals surface area contributed by atoms with Crippen LogP contribution in [0.3, 0.4) is 0 Å². The molecule has 0 spiro atoms. The Labute approximate surface area is 114 Å². The van der Waals surface area contributed by atoms with Crippen molar-refractivity contribution in [2.45, 2.75) is 84.8 Å². The zero-order valence-electron chi connectivity index (χ0n) is 13.1. The Hall–Kier alpha value is -0.0800. The highest BCUT2D eigenvalue weighted by Crippen LogP contribution is 2.44. The summed E-state index contributed by atoms with van der Waals surface area (Å²) in [5, 5.41) is 0. The normalized spacial score (nSPS) is 24.2. The van der Waals surface area contributed by atoms with Crippen LogP contribution in [0.25, 0.3) is 0 Å². The Balaban J connectivity index is 2.63. The third-order valence-corrected chi connectivity index (χ3v) is 4.61. The molecule has 0 aromatic rings. The first-order valence-corrected chi connectivity index (χ1v) is 7.71. The van der Waals surface area contributed by atoms with Crippen molar-refractivity contribution in [3.63, 3.8) is 0 Å². The first-order chi connectivity index (χ1) is 8.31. The van der Waals surface area contributed by atoms with E-state index in [2.05, 4.69) is 34.6 Å². The summed E-state index contributed by atoms with van der Waals surface area (Å²) in [7, 11) is 0. The van der Waals surface area contributed by atoms with Crippen LogP contribution in [0.5, 0.6) is 0 Å². The van der Waals surface area contributed by atoms with E-state index in [0.29, 0.717) is 5.41 Å². The van der Waals surface area contributed by atoms with E-state index in [4.69, 9.17) is 10.5 Å². The molecule has 1 aliphatic rings. The Morgan fingerprint density at radius 2 is 1.61 bits per heavy atom. The molecular formula is C16H33NO. The minimum Gasteiger partial charge on any atom is -0.374 e. The Kier molecular flexibility index (Phi) is 5.67. The van der Waals surface area contributed by atoms with Crippen LogP contribution < -0.4 is 5.73 Å². The smallest absolute Gasteiger partial charge is 0.0832 e. The summed E-state index contributed by atoms with van der Waals surface area (Å²) in [6.45, 7) is 12.1. The molecule has 2 nitrogen and oxygen atoms in total. The Morgan fingerprint density at radius 3 is 2.06 bits per heavy atom. The minimum atomic E-state index is -0.0425. The zero-order chi connectivity index (χ0) is 13.8. The maximum Gasteiger partial charge on any atom is 0.0832 e. The molecule has 0 bridgehead atoms. The van der Waals surface area contributed by atoms with E-state index in [1.54, 1.807) is 0 Å². The van der Waals surface area contributed by atoms with E-state index < -0.39 is 0 Å². The van der Waals surface area contributed by atoms with Crippen molar-refractivity contribution in [3.8, 4) is 0 Å². The van der Waals surface area contributed by atoms with Crippen molar-refractivity contribution >= 4 is 0 Å². The molecule has 1 fully saturated rings. The van der Waals surface area contributed by atoms with Gasteiger partial charge in [-0.2, -0.15) is 0 Å². The van der Waals surface area contributed by atoms with Gasteiger partial charge in [-0.1, -0.05) is 27.7 Å². The molecule has 1 atom stereocenters. The van der Waals surface area contributed by atoms with E-state index in [1.807, 2.05) is 0 Å². The standard InChI is InChI=1S/C16H33NO/c1-6-18-16(14(17)8-7-13(2)3)11-9-15(4,5)10-12-16/h13-14H,6-12,17H2,1-5H3. The third-order valence-electron chi connectivity index (χ3n) is 4.61. The molecule has 0 radical (unpaired) electrons. The minimum absolute atomic E-state index is 0.0425. The summed E-state index contributed by atoms with van der Waals surface area (Å²) in [5.41, 5.74) is 6.91. The van der Waals surface area contributed by atoms with Crippen LogP contribution in [0.4, 0.5) is 0 Å². The van der Waals surface area contributed by atoms with Gasteiger partial charge in [0.2, 0.25) is 0 Å². The average Bonchev–Trinajstić information content (AvgIpc) is 2.29. The van der Waals surface area contributed by atoms with Gasteiger partial charge in [0.15, 0.2) is 0 Å².